The molecule has 20 heavy (non-hydrogen) atoms. The van der Waals surface area contributed by atoms with Gasteiger partial charge in [0.05, 0.1) is 23.4 Å². The lowest BCUT2D eigenvalue weighted by molar-refractivity contribution is -0.384. The summed E-state index contributed by atoms with van der Waals surface area (Å²) in [4.78, 5) is 10.2. The van der Waals surface area contributed by atoms with Crippen molar-refractivity contribution in [3.8, 4) is 0 Å². The normalized spacial score (nSPS) is 14.4. The lowest BCUT2D eigenvalue weighted by Crippen LogP contribution is -2.15. The molecule has 0 atom stereocenters. The summed E-state index contributed by atoms with van der Waals surface area (Å²) in [6, 6.07) is 7.13. The van der Waals surface area contributed by atoms with E-state index in [9.17, 15) is 10.1 Å². The fourth-order valence-electron chi connectivity index (χ4n) is 1.94. The first kappa shape index (κ1) is 12.7. The van der Waals surface area contributed by atoms with Crippen LogP contribution >= 0.6 is 0 Å². The molecule has 1 saturated carbocycles. The van der Waals surface area contributed by atoms with Gasteiger partial charge in [-0.25, -0.2) is 4.68 Å². The number of non-ortho nitro benzene ring substituents is 1. The van der Waals surface area contributed by atoms with Crippen molar-refractivity contribution in [3.05, 3.63) is 51.8 Å². The van der Waals surface area contributed by atoms with Crippen LogP contribution in [0.4, 0.5) is 5.69 Å². The molecule has 3 rings (SSSR count). The minimum atomic E-state index is -0.402. The summed E-state index contributed by atoms with van der Waals surface area (Å²) in [7, 11) is 0. The van der Waals surface area contributed by atoms with Gasteiger partial charge in [-0.2, -0.15) is 0 Å². The molecule has 7 heteroatoms. The Kier molecular flexibility index (Phi) is 3.42. The van der Waals surface area contributed by atoms with Crippen molar-refractivity contribution in [2.75, 3.05) is 0 Å². The first-order chi connectivity index (χ1) is 9.70. The number of rotatable bonds is 6. The monoisotopic (exact) mass is 273 g/mol. The number of aromatic nitrogens is 3. The van der Waals surface area contributed by atoms with E-state index in [1.54, 1.807) is 16.8 Å². The molecule has 104 valence electrons. The van der Waals surface area contributed by atoms with E-state index in [4.69, 9.17) is 0 Å². The molecule has 0 unspecified atom stereocenters. The van der Waals surface area contributed by atoms with E-state index < -0.39 is 4.92 Å². The van der Waals surface area contributed by atoms with Gasteiger partial charge >= 0.3 is 0 Å². The quantitative estimate of drug-likeness (QED) is 0.636. The molecule has 0 aliphatic heterocycles. The molecule has 7 nitrogen and oxygen atoms in total. The second kappa shape index (κ2) is 5.38. The molecule has 1 aromatic heterocycles. The molecule has 1 aliphatic carbocycles. The van der Waals surface area contributed by atoms with E-state index in [1.165, 1.54) is 25.0 Å². The second-order valence-electron chi connectivity index (χ2n) is 4.99. The van der Waals surface area contributed by atoms with Gasteiger partial charge in [0.15, 0.2) is 0 Å². The van der Waals surface area contributed by atoms with Crippen molar-refractivity contribution in [2.24, 2.45) is 0 Å². The molecule has 0 bridgehead atoms. The number of hydrogen-bond donors (Lipinski definition) is 1. The first-order valence-corrected chi connectivity index (χ1v) is 6.56. The highest BCUT2D eigenvalue weighted by atomic mass is 16.6. The Morgan fingerprint density at radius 2 is 2.10 bits per heavy atom. The first-order valence-electron chi connectivity index (χ1n) is 6.56. The molecule has 2 aromatic rings. The molecule has 0 radical (unpaired) electrons. The SMILES string of the molecule is O=[N+]([O-])c1ccc(Cn2cc(CNC3CC3)nn2)cc1. The number of hydrogen-bond acceptors (Lipinski definition) is 5. The third-order valence-electron chi connectivity index (χ3n) is 3.23. The van der Waals surface area contributed by atoms with Gasteiger partial charge in [0.25, 0.3) is 5.69 Å². The predicted octanol–water partition coefficient (Wildman–Crippen LogP) is 1.49. The Morgan fingerprint density at radius 1 is 1.35 bits per heavy atom. The van der Waals surface area contributed by atoms with Crippen molar-refractivity contribution >= 4 is 5.69 Å². The molecule has 1 aromatic carbocycles. The maximum Gasteiger partial charge on any atom is 0.269 e. The fraction of sp³-hybridized carbons (Fsp3) is 0.385. The van der Waals surface area contributed by atoms with E-state index in [0.717, 1.165) is 17.8 Å². The van der Waals surface area contributed by atoms with Crippen LogP contribution in [0.25, 0.3) is 0 Å². The van der Waals surface area contributed by atoms with Gasteiger partial charge in [0, 0.05) is 24.7 Å². The lowest BCUT2D eigenvalue weighted by atomic mass is 10.2. The van der Waals surface area contributed by atoms with E-state index >= 15 is 0 Å². The van der Waals surface area contributed by atoms with Gasteiger partial charge in [-0.1, -0.05) is 17.3 Å². The molecule has 0 saturated heterocycles. The van der Waals surface area contributed by atoms with Gasteiger partial charge in [0.1, 0.15) is 0 Å². The zero-order valence-corrected chi connectivity index (χ0v) is 10.9. The van der Waals surface area contributed by atoms with Crippen molar-refractivity contribution < 1.29 is 4.92 Å². The maximum atomic E-state index is 10.6. The van der Waals surface area contributed by atoms with Crippen LogP contribution in [0, 0.1) is 10.1 Å². The average Bonchev–Trinajstić information content (AvgIpc) is 3.17. The van der Waals surface area contributed by atoms with Gasteiger partial charge < -0.3 is 5.32 Å². The molecule has 1 N–H and O–H groups in total. The standard InChI is InChI=1S/C13H15N5O2/c19-18(20)13-5-1-10(2-6-13)8-17-9-12(15-16-17)7-14-11-3-4-11/h1-2,5-6,9,11,14H,3-4,7-8H2. The van der Waals surface area contributed by atoms with Crippen LogP contribution in [-0.4, -0.2) is 26.0 Å². The number of nitro benzene ring substituents is 1. The number of benzene rings is 1. The molecule has 1 heterocycles. The van der Waals surface area contributed by atoms with E-state index in [-0.39, 0.29) is 5.69 Å². The van der Waals surface area contributed by atoms with Crippen molar-refractivity contribution in [2.45, 2.75) is 32.0 Å². The molecular weight excluding hydrogens is 258 g/mol. The highest BCUT2D eigenvalue weighted by Gasteiger charge is 2.20. The summed E-state index contributed by atoms with van der Waals surface area (Å²) >= 11 is 0. The zero-order valence-electron chi connectivity index (χ0n) is 10.9. The molecular formula is C13H15N5O2. The van der Waals surface area contributed by atoms with E-state index in [1.807, 2.05) is 6.20 Å². The maximum absolute atomic E-state index is 10.6. The predicted molar refractivity (Wildman–Crippen MR) is 72.1 cm³/mol. The fourth-order valence-corrected chi connectivity index (χ4v) is 1.94. The highest BCUT2D eigenvalue weighted by Crippen LogP contribution is 2.19. The smallest absolute Gasteiger partial charge is 0.269 e. The molecule has 1 fully saturated rings. The lowest BCUT2D eigenvalue weighted by Gasteiger charge is -2.00. The number of nitro groups is 1. The Labute approximate surface area is 115 Å². The Hall–Kier alpha value is -2.28. The minimum Gasteiger partial charge on any atom is -0.308 e. The molecule has 0 spiro atoms. The third kappa shape index (κ3) is 3.18. The average molecular weight is 273 g/mol. The van der Waals surface area contributed by atoms with Gasteiger partial charge in [-0.05, 0) is 18.4 Å². The molecule has 1 aliphatic rings. The van der Waals surface area contributed by atoms with Crippen LogP contribution in [0.3, 0.4) is 0 Å². The topological polar surface area (TPSA) is 85.9 Å². The van der Waals surface area contributed by atoms with Crippen LogP contribution in [0.1, 0.15) is 24.1 Å². The number of nitrogens with one attached hydrogen (secondary N) is 1. The summed E-state index contributed by atoms with van der Waals surface area (Å²) in [6.45, 7) is 1.30. The van der Waals surface area contributed by atoms with Gasteiger partial charge in [-0.15, -0.1) is 5.10 Å². The highest BCUT2D eigenvalue weighted by molar-refractivity contribution is 5.32. The summed E-state index contributed by atoms with van der Waals surface area (Å²) in [6.07, 6.45) is 4.39. The van der Waals surface area contributed by atoms with Crippen molar-refractivity contribution in [1.29, 1.82) is 0 Å². The summed E-state index contributed by atoms with van der Waals surface area (Å²) < 4.78 is 1.74. The van der Waals surface area contributed by atoms with Crippen molar-refractivity contribution in [3.63, 3.8) is 0 Å². The summed E-state index contributed by atoms with van der Waals surface area (Å²) in [5.41, 5.74) is 1.97. The van der Waals surface area contributed by atoms with Gasteiger partial charge in [0.2, 0.25) is 0 Å². The summed E-state index contributed by atoms with van der Waals surface area (Å²) in [5.74, 6) is 0. The molecule has 0 amide bonds. The van der Waals surface area contributed by atoms with E-state index in [2.05, 4.69) is 15.6 Å². The Morgan fingerprint density at radius 3 is 2.75 bits per heavy atom. The Bertz CT molecular complexity index is 603. The second-order valence-corrected chi connectivity index (χ2v) is 4.99. The van der Waals surface area contributed by atoms with Crippen molar-refractivity contribution in [1.82, 2.24) is 20.3 Å². The minimum absolute atomic E-state index is 0.0988. The number of nitrogens with zero attached hydrogens (tertiary/aromatic N) is 4. The Balaban J connectivity index is 1.60. The van der Waals surface area contributed by atoms with Crippen LogP contribution < -0.4 is 5.32 Å². The summed E-state index contributed by atoms with van der Waals surface area (Å²) in [5, 5.41) is 22.1. The third-order valence-corrected chi connectivity index (χ3v) is 3.23. The van der Waals surface area contributed by atoms with Gasteiger partial charge in [-0.3, -0.25) is 10.1 Å². The van der Waals surface area contributed by atoms with Crippen LogP contribution in [0.5, 0.6) is 0 Å². The van der Waals surface area contributed by atoms with Crippen LogP contribution in [0.15, 0.2) is 30.5 Å². The van der Waals surface area contributed by atoms with E-state index in [0.29, 0.717) is 12.6 Å². The largest absolute Gasteiger partial charge is 0.308 e. The van der Waals surface area contributed by atoms with Crippen LogP contribution in [-0.2, 0) is 13.1 Å². The van der Waals surface area contributed by atoms with Crippen LogP contribution in [0.2, 0.25) is 0 Å². The zero-order chi connectivity index (χ0) is 13.9.